The third-order valence-corrected chi connectivity index (χ3v) is 4.07. The molecule has 0 spiro atoms. The summed E-state index contributed by atoms with van der Waals surface area (Å²) in [5.41, 5.74) is 6.40. The number of aliphatic hydroxyl groups is 1. The standard InChI is InChI=1S/C14H19Cl2N3O2/c15-10-6-11(16)8-12(7-10)19-4-3-18(2-1-5-20)13(9-19)14(17)21/h6-8,13,20H,1-5,9H2,(H2,17,21). The average molecular weight is 332 g/mol. The number of rotatable bonds is 5. The first kappa shape index (κ1) is 16.4. The van der Waals surface area contributed by atoms with E-state index < -0.39 is 0 Å². The molecular weight excluding hydrogens is 313 g/mol. The van der Waals surface area contributed by atoms with Gasteiger partial charge in [-0.25, -0.2) is 0 Å². The molecule has 1 unspecified atom stereocenters. The number of benzene rings is 1. The summed E-state index contributed by atoms with van der Waals surface area (Å²) >= 11 is 12.0. The fourth-order valence-electron chi connectivity index (χ4n) is 2.59. The fraction of sp³-hybridized carbons (Fsp3) is 0.500. The van der Waals surface area contributed by atoms with E-state index in [4.69, 9.17) is 34.0 Å². The lowest BCUT2D eigenvalue weighted by atomic mass is 10.1. The quantitative estimate of drug-likeness (QED) is 0.854. The van der Waals surface area contributed by atoms with Crippen molar-refractivity contribution >= 4 is 34.8 Å². The van der Waals surface area contributed by atoms with Crippen LogP contribution in [0.2, 0.25) is 10.0 Å². The molecule has 1 fully saturated rings. The normalized spacial score (nSPS) is 19.8. The van der Waals surface area contributed by atoms with E-state index in [-0.39, 0.29) is 18.6 Å². The van der Waals surface area contributed by atoms with Crippen LogP contribution in [0.4, 0.5) is 5.69 Å². The number of hydrogen-bond donors (Lipinski definition) is 2. The number of piperazine rings is 1. The topological polar surface area (TPSA) is 69.8 Å². The average Bonchev–Trinajstić information content (AvgIpc) is 2.43. The second kappa shape index (κ2) is 7.31. The van der Waals surface area contributed by atoms with Crippen LogP contribution in [-0.2, 0) is 4.79 Å². The van der Waals surface area contributed by atoms with Gasteiger partial charge in [0.15, 0.2) is 0 Å². The Hall–Kier alpha value is -1.01. The molecule has 2 rings (SSSR count). The zero-order valence-electron chi connectivity index (χ0n) is 11.6. The van der Waals surface area contributed by atoms with E-state index in [1.165, 1.54) is 0 Å². The van der Waals surface area contributed by atoms with Crippen molar-refractivity contribution in [2.24, 2.45) is 5.73 Å². The minimum Gasteiger partial charge on any atom is -0.396 e. The van der Waals surface area contributed by atoms with Crippen LogP contribution in [0.15, 0.2) is 18.2 Å². The summed E-state index contributed by atoms with van der Waals surface area (Å²) in [4.78, 5) is 15.8. The van der Waals surface area contributed by atoms with E-state index >= 15 is 0 Å². The minimum atomic E-state index is -0.372. The summed E-state index contributed by atoms with van der Waals surface area (Å²) < 4.78 is 0. The first-order valence-corrected chi connectivity index (χ1v) is 7.62. The second-order valence-electron chi connectivity index (χ2n) is 5.10. The molecule has 116 valence electrons. The molecule has 0 bridgehead atoms. The number of nitrogens with zero attached hydrogens (tertiary/aromatic N) is 2. The molecular formula is C14H19Cl2N3O2. The SMILES string of the molecule is NC(=O)C1CN(c2cc(Cl)cc(Cl)c2)CCN1CCCO. The van der Waals surface area contributed by atoms with Crippen LogP contribution in [0.25, 0.3) is 0 Å². The van der Waals surface area contributed by atoms with Gasteiger partial charge in [0.05, 0.1) is 0 Å². The predicted molar refractivity (Wildman–Crippen MR) is 84.9 cm³/mol. The summed E-state index contributed by atoms with van der Waals surface area (Å²) in [6.07, 6.45) is 0.632. The molecule has 5 nitrogen and oxygen atoms in total. The van der Waals surface area contributed by atoms with Gasteiger partial charge in [-0.15, -0.1) is 0 Å². The minimum absolute atomic E-state index is 0.107. The summed E-state index contributed by atoms with van der Waals surface area (Å²) in [6, 6.07) is 4.96. The predicted octanol–water partition coefficient (Wildman–Crippen LogP) is 1.35. The zero-order valence-corrected chi connectivity index (χ0v) is 13.1. The summed E-state index contributed by atoms with van der Waals surface area (Å²) in [5, 5.41) is 10.1. The molecule has 0 aliphatic carbocycles. The highest BCUT2D eigenvalue weighted by Crippen LogP contribution is 2.27. The van der Waals surface area contributed by atoms with Crippen molar-refractivity contribution in [2.45, 2.75) is 12.5 Å². The number of halogens is 2. The highest BCUT2D eigenvalue weighted by atomic mass is 35.5. The molecule has 1 aromatic carbocycles. The zero-order chi connectivity index (χ0) is 15.4. The Bertz CT molecular complexity index is 493. The number of carbonyl (C=O) groups excluding carboxylic acids is 1. The van der Waals surface area contributed by atoms with Crippen LogP contribution >= 0.6 is 23.2 Å². The fourth-order valence-corrected chi connectivity index (χ4v) is 3.10. The number of nitrogens with two attached hydrogens (primary N) is 1. The Balaban J connectivity index is 2.12. The van der Waals surface area contributed by atoms with Crippen LogP contribution in [0.3, 0.4) is 0 Å². The second-order valence-corrected chi connectivity index (χ2v) is 5.98. The van der Waals surface area contributed by atoms with Crippen molar-refractivity contribution in [2.75, 3.05) is 37.7 Å². The monoisotopic (exact) mass is 331 g/mol. The first-order valence-electron chi connectivity index (χ1n) is 6.86. The van der Waals surface area contributed by atoms with Gasteiger partial charge in [0, 0.05) is 48.5 Å². The van der Waals surface area contributed by atoms with Crippen molar-refractivity contribution in [3.05, 3.63) is 28.2 Å². The van der Waals surface area contributed by atoms with Gasteiger partial charge >= 0.3 is 0 Å². The summed E-state index contributed by atoms with van der Waals surface area (Å²) in [6.45, 7) is 2.73. The van der Waals surface area contributed by atoms with Crippen LogP contribution in [0.1, 0.15) is 6.42 Å². The Kier molecular flexibility index (Phi) is 5.70. The lowest BCUT2D eigenvalue weighted by Crippen LogP contribution is -2.58. The largest absolute Gasteiger partial charge is 0.396 e. The molecule has 21 heavy (non-hydrogen) atoms. The van der Waals surface area contributed by atoms with Gasteiger partial charge in [0.1, 0.15) is 6.04 Å². The Labute approximate surface area is 134 Å². The summed E-state index contributed by atoms with van der Waals surface area (Å²) in [5.74, 6) is -0.356. The molecule has 1 atom stereocenters. The molecule has 0 saturated carbocycles. The van der Waals surface area contributed by atoms with Crippen LogP contribution < -0.4 is 10.6 Å². The molecule has 0 aromatic heterocycles. The molecule has 1 aliphatic rings. The Morgan fingerprint density at radius 1 is 1.29 bits per heavy atom. The third-order valence-electron chi connectivity index (χ3n) is 3.64. The van der Waals surface area contributed by atoms with Gasteiger partial charge in [0.2, 0.25) is 5.91 Å². The van der Waals surface area contributed by atoms with E-state index in [9.17, 15) is 4.79 Å². The molecule has 1 aromatic rings. The Morgan fingerprint density at radius 3 is 2.52 bits per heavy atom. The molecule has 1 aliphatic heterocycles. The van der Waals surface area contributed by atoms with E-state index in [2.05, 4.69) is 4.90 Å². The number of amides is 1. The van der Waals surface area contributed by atoms with Gasteiger partial charge in [-0.3, -0.25) is 9.69 Å². The number of anilines is 1. The van der Waals surface area contributed by atoms with Crippen molar-refractivity contribution < 1.29 is 9.90 Å². The highest BCUT2D eigenvalue weighted by Gasteiger charge is 2.30. The molecule has 1 heterocycles. The molecule has 3 N–H and O–H groups in total. The highest BCUT2D eigenvalue weighted by molar-refractivity contribution is 6.35. The smallest absolute Gasteiger partial charge is 0.236 e. The van der Waals surface area contributed by atoms with Gasteiger partial charge in [-0.05, 0) is 24.6 Å². The van der Waals surface area contributed by atoms with E-state index in [1.54, 1.807) is 6.07 Å². The van der Waals surface area contributed by atoms with E-state index in [1.807, 2.05) is 17.0 Å². The number of primary amides is 1. The maximum absolute atomic E-state index is 11.7. The lowest BCUT2D eigenvalue weighted by molar-refractivity contribution is -0.123. The molecule has 1 amide bonds. The summed E-state index contributed by atoms with van der Waals surface area (Å²) in [7, 11) is 0. The van der Waals surface area contributed by atoms with Crippen LogP contribution in [0, 0.1) is 0 Å². The third kappa shape index (κ3) is 4.23. The van der Waals surface area contributed by atoms with Gasteiger partial charge in [-0.2, -0.15) is 0 Å². The first-order chi connectivity index (χ1) is 10.0. The van der Waals surface area contributed by atoms with Crippen molar-refractivity contribution in [3.8, 4) is 0 Å². The maximum atomic E-state index is 11.7. The number of carbonyl (C=O) groups is 1. The maximum Gasteiger partial charge on any atom is 0.236 e. The van der Waals surface area contributed by atoms with Crippen LogP contribution in [-0.4, -0.2) is 54.7 Å². The van der Waals surface area contributed by atoms with Gasteiger partial charge in [0.25, 0.3) is 0 Å². The van der Waals surface area contributed by atoms with E-state index in [0.717, 1.165) is 12.2 Å². The molecule has 0 radical (unpaired) electrons. The van der Waals surface area contributed by atoms with Gasteiger partial charge < -0.3 is 15.7 Å². The van der Waals surface area contributed by atoms with Crippen LogP contribution in [0.5, 0.6) is 0 Å². The number of aliphatic hydroxyl groups excluding tert-OH is 1. The van der Waals surface area contributed by atoms with Crippen molar-refractivity contribution in [1.29, 1.82) is 0 Å². The van der Waals surface area contributed by atoms with Crippen molar-refractivity contribution in [3.63, 3.8) is 0 Å². The number of hydrogen-bond acceptors (Lipinski definition) is 4. The van der Waals surface area contributed by atoms with Crippen molar-refractivity contribution in [1.82, 2.24) is 4.90 Å². The Morgan fingerprint density at radius 2 is 1.95 bits per heavy atom. The van der Waals surface area contributed by atoms with E-state index in [0.29, 0.717) is 36.1 Å². The van der Waals surface area contributed by atoms with Gasteiger partial charge in [-0.1, -0.05) is 23.2 Å². The lowest BCUT2D eigenvalue weighted by Gasteiger charge is -2.41. The molecule has 1 saturated heterocycles. The molecule has 7 heteroatoms.